The fourth-order valence-electron chi connectivity index (χ4n) is 4.07. The number of amides is 1. The predicted octanol–water partition coefficient (Wildman–Crippen LogP) is 3.65. The molecule has 0 saturated carbocycles. The fraction of sp³-hybridized carbons (Fsp3) is 0.280. The maximum Gasteiger partial charge on any atom is 0.274 e. The van der Waals surface area contributed by atoms with E-state index in [-0.39, 0.29) is 17.8 Å². The highest BCUT2D eigenvalue weighted by atomic mass is 19.1. The van der Waals surface area contributed by atoms with E-state index in [0.717, 1.165) is 24.3 Å². The van der Waals surface area contributed by atoms with Crippen LogP contribution in [0.3, 0.4) is 0 Å². The van der Waals surface area contributed by atoms with Gasteiger partial charge in [-0.1, -0.05) is 6.92 Å². The minimum atomic E-state index is -1.29. The largest absolute Gasteiger partial charge is 0.390 e. The van der Waals surface area contributed by atoms with E-state index < -0.39 is 64.6 Å². The molecule has 4 atom stereocenters. The van der Waals surface area contributed by atoms with E-state index in [1.807, 2.05) is 0 Å². The molecule has 0 radical (unpaired) electrons. The average Bonchev–Trinajstić information content (AvgIpc) is 2.87. The van der Waals surface area contributed by atoms with Crippen molar-refractivity contribution < 1.29 is 32.9 Å². The van der Waals surface area contributed by atoms with Gasteiger partial charge in [0.05, 0.1) is 41.3 Å². The molecular formula is C25H21F3N4O4. The van der Waals surface area contributed by atoms with Crippen molar-refractivity contribution in [1.82, 2.24) is 9.97 Å². The smallest absolute Gasteiger partial charge is 0.274 e. The number of benzene rings is 1. The van der Waals surface area contributed by atoms with Crippen molar-refractivity contribution in [3.05, 3.63) is 77.0 Å². The number of carbonyl (C=O) groups is 1. The number of hydrogen-bond donors (Lipinski definition) is 3. The first-order valence-corrected chi connectivity index (χ1v) is 11.1. The first-order valence-electron chi connectivity index (χ1n) is 11.1. The Bertz CT molecular complexity index is 1350. The van der Waals surface area contributed by atoms with Crippen molar-refractivity contribution in [1.29, 1.82) is 5.26 Å². The number of pyridine rings is 2. The molecule has 0 bridgehead atoms. The number of nitrogens with zero attached hydrogens (tertiary/aromatic N) is 3. The summed E-state index contributed by atoms with van der Waals surface area (Å²) in [5.41, 5.74) is -1.80. The van der Waals surface area contributed by atoms with Gasteiger partial charge in [0, 0.05) is 18.2 Å². The molecule has 11 heteroatoms. The number of carbonyl (C=O) groups excluding carboxylic acids is 1. The second kappa shape index (κ2) is 10.4. The number of rotatable bonds is 5. The Balaban J connectivity index is 1.65. The van der Waals surface area contributed by atoms with Crippen LogP contribution in [0.25, 0.3) is 11.3 Å². The molecule has 1 fully saturated rings. The molecule has 1 saturated heterocycles. The molecule has 0 unspecified atom stereocenters. The molecule has 2 aromatic heterocycles. The van der Waals surface area contributed by atoms with Crippen LogP contribution in [0.15, 0.2) is 42.7 Å². The van der Waals surface area contributed by atoms with Crippen molar-refractivity contribution in [2.45, 2.75) is 44.2 Å². The molecule has 1 aliphatic rings. The van der Waals surface area contributed by atoms with Gasteiger partial charge >= 0.3 is 0 Å². The molecule has 4 rings (SSSR count). The van der Waals surface area contributed by atoms with E-state index in [1.54, 1.807) is 19.1 Å². The highest BCUT2D eigenvalue weighted by Gasteiger charge is 2.37. The third-order valence-electron chi connectivity index (χ3n) is 5.95. The third kappa shape index (κ3) is 4.79. The first-order chi connectivity index (χ1) is 17.2. The molecule has 3 N–H and O–H groups in total. The zero-order valence-corrected chi connectivity index (χ0v) is 19.0. The molecule has 0 aliphatic carbocycles. The van der Waals surface area contributed by atoms with Gasteiger partial charge in [0.2, 0.25) is 0 Å². The lowest BCUT2D eigenvalue weighted by Crippen LogP contribution is -2.45. The quantitative estimate of drug-likeness (QED) is 0.490. The summed E-state index contributed by atoms with van der Waals surface area (Å²) in [6.07, 6.45) is -0.0505. The Labute approximate surface area is 204 Å². The monoisotopic (exact) mass is 498 g/mol. The number of nitriles is 1. The Hall–Kier alpha value is -3.85. The number of nitrogens with one attached hydrogen (secondary N) is 1. The third-order valence-corrected chi connectivity index (χ3v) is 5.95. The molecule has 3 aromatic rings. The summed E-state index contributed by atoms with van der Waals surface area (Å²) >= 11 is 0. The molecule has 3 heterocycles. The van der Waals surface area contributed by atoms with Crippen molar-refractivity contribution in [2.75, 3.05) is 5.32 Å². The fourth-order valence-corrected chi connectivity index (χ4v) is 4.07. The number of aromatic nitrogens is 2. The lowest BCUT2D eigenvalue weighted by Gasteiger charge is -2.37. The maximum absolute atomic E-state index is 14.6. The standard InChI is InChI=1S/C25H21F3N4O4/c1-2-19-24(34)18(33)9-20(36-19)13-7-8-30-11-17(13)32-25(35)16-6-5-15(27)23(31-16)21-14(26)4-3-12(10-29)22(21)28/h3-8,11,18-20,24,33-34H,2,9H2,1H3,(H,32,35)/t18-,19-,20-,24+/m1/s1. The summed E-state index contributed by atoms with van der Waals surface area (Å²) in [7, 11) is 0. The number of ether oxygens (including phenoxy) is 1. The minimum absolute atomic E-state index is 0.0667. The number of hydrogen-bond acceptors (Lipinski definition) is 7. The minimum Gasteiger partial charge on any atom is -0.390 e. The van der Waals surface area contributed by atoms with Gasteiger partial charge in [0.25, 0.3) is 5.91 Å². The van der Waals surface area contributed by atoms with E-state index in [1.165, 1.54) is 12.4 Å². The highest BCUT2D eigenvalue weighted by molar-refractivity contribution is 6.03. The van der Waals surface area contributed by atoms with Crippen LogP contribution in [0.5, 0.6) is 0 Å². The van der Waals surface area contributed by atoms with Crippen LogP contribution in [0.2, 0.25) is 0 Å². The van der Waals surface area contributed by atoms with Crippen LogP contribution in [0.1, 0.15) is 47.5 Å². The van der Waals surface area contributed by atoms with Gasteiger partial charge in [-0.25, -0.2) is 18.2 Å². The van der Waals surface area contributed by atoms with E-state index >= 15 is 0 Å². The van der Waals surface area contributed by atoms with Gasteiger partial charge in [0.15, 0.2) is 5.82 Å². The van der Waals surface area contributed by atoms with Crippen molar-refractivity contribution in [3.63, 3.8) is 0 Å². The van der Waals surface area contributed by atoms with Gasteiger partial charge in [-0.3, -0.25) is 9.78 Å². The number of halogens is 3. The SMILES string of the molecule is CC[C@H]1O[C@@H](c2ccncc2NC(=O)c2ccc(F)c(-c3c(F)ccc(C#N)c3F)n2)C[C@@H](O)[C@@H]1O. The normalized spacial score (nSPS) is 21.6. The van der Waals surface area contributed by atoms with Crippen molar-refractivity contribution in [3.8, 4) is 17.3 Å². The highest BCUT2D eigenvalue weighted by Crippen LogP contribution is 2.36. The number of anilines is 1. The van der Waals surface area contributed by atoms with E-state index in [4.69, 9.17) is 10.00 Å². The van der Waals surface area contributed by atoms with Crippen LogP contribution in [0.4, 0.5) is 18.9 Å². The van der Waals surface area contributed by atoms with Crippen molar-refractivity contribution in [2.24, 2.45) is 0 Å². The van der Waals surface area contributed by atoms with Crippen LogP contribution < -0.4 is 5.32 Å². The number of aliphatic hydroxyl groups excluding tert-OH is 2. The number of aliphatic hydroxyl groups is 2. The molecule has 1 aromatic carbocycles. The van der Waals surface area contributed by atoms with Crippen LogP contribution in [0, 0.1) is 28.8 Å². The zero-order valence-electron chi connectivity index (χ0n) is 19.0. The van der Waals surface area contributed by atoms with Gasteiger partial charge < -0.3 is 20.3 Å². The van der Waals surface area contributed by atoms with E-state index in [0.29, 0.717) is 12.0 Å². The molecule has 1 aliphatic heterocycles. The van der Waals surface area contributed by atoms with Crippen LogP contribution >= 0.6 is 0 Å². The van der Waals surface area contributed by atoms with Crippen molar-refractivity contribution >= 4 is 11.6 Å². The van der Waals surface area contributed by atoms with E-state index in [9.17, 15) is 28.2 Å². The van der Waals surface area contributed by atoms with Gasteiger partial charge in [-0.05, 0) is 36.8 Å². The summed E-state index contributed by atoms with van der Waals surface area (Å²) in [5.74, 6) is -4.36. The molecule has 0 spiro atoms. The summed E-state index contributed by atoms with van der Waals surface area (Å²) < 4.78 is 49.4. The molecule has 36 heavy (non-hydrogen) atoms. The summed E-state index contributed by atoms with van der Waals surface area (Å²) in [4.78, 5) is 20.8. The summed E-state index contributed by atoms with van der Waals surface area (Å²) in [5, 5.41) is 32.0. The Kier molecular flexibility index (Phi) is 7.30. The topological polar surface area (TPSA) is 128 Å². The van der Waals surface area contributed by atoms with E-state index in [2.05, 4.69) is 15.3 Å². The van der Waals surface area contributed by atoms with Gasteiger partial charge in [0.1, 0.15) is 35.2 Å². The maximum atomic E-state index is 14.6. The zero-order chi connectivity index (χ0) is 26.0. The lowest BCUT2D eigenvalue weighted by atomic mass is 9.92. The Morgan fingerprint density at radius 3 is 2.67 bits per heavy atom. The summed E-state index contributed by atoms with van der Waals surface area (Å²) in [6, 6.07) is 6.74. The second-order valence-electron chi connectivity index (χ2n) is 8.20. The average molecular weight is 498 g/mol. The van der Waals surface area contributed by atoms with Crippen LogP contribution in [-0.4, -0.2) is 44.4 Å². The van der Waals surface area contributed by atoms with Gasteiger partial charge in [-0.15, -0.1) is 0 Å². The lowest BCUT2D eigenvalue weighted by molar-refractivity contribution is -0.170. The Morgan fingerprint density at radius 2 is 1.94 bits per heavy atom. The Morgan fingerprint density at radius 1 is 1.19 bits per heavy atom. The molecule has 8 nitrogen and oxygen atoms in total. The summed E-state index contributed by atoms with van der Waals surface area (Å²) in [6.45, 7) is 1.80. The predicted molar refractivity (Wildman–Crippen MR) is 121 cm³/mol. The van der Waals surface area contributed by atoms with Gasteiger partial charge in [-0.2, -0.15) is 5.26 Å². The molecular weight excluding hydrogens is 477 g/mol. The van der Waals surface area contributed by atoms with Crippen LogP contribution in [-0.2, 0) is 4.74 Å². The second-order valence-corrected chi connectivity index (χ2v) is 8.20. The molecule has 1 amide bonds. The first kappa shape index (κ1) is 25.2. The molecule has 186 valence electrons.